The van der Waals surface area contributed by atoms with Crippen LogP contribution >= 0.6 is 11.6 Å². The zero-order valence-electron chi connectivity index (χ0n) is 12.1. The smallest absolute Gasteiger partial charge is 0.129 e. The molecule has 4 nitrogen and oxygen atoms in total. The number of nitrogens with zero attached hydrogens (tertiary/aromatic N) is 3. The summed E-state index contributed by atoms with van der Waals surface area (Å²) in [5.41, 5.74) is 0.958. The fourth-order valence-corrected chi connectivity index (χ4v) is 3.39. The molecule has 1 unspecified atom stereocenters. The van der Waals surface area contributed by atoms with Gasteiger partial charge in [-0.15, -0.1) is 0 Å². The van der Waals surface area contributed by atoms with Crippen LogP contribution in [0.15, 0.2) is 12.1 Å². The molecule has 1 aromatic heterocycles. The van der Waals surface area contributed by atoms with Crippen LogP contribution in [0.4, 0.5) is 5.82 Å². The molecule has 5 heteroatoms. The fraction of sp³-hybridized carbons (Fsp3) is 0.667. The highest BCUT2D eigenvalue weighted by molar-refractivity contribution is 6.31. The molecule has 3 heterocycles. The molecular formula is C15H23ClN4. The van der Waals surface area contributed by atoms with Crippen LogP contribution < -0.4 is 10.2 Å². The average molecular weight is 295 g/mol. The van der Waals surface area contributed by atoms with Gasteiger partial charge in [-0.05, 0) is 38.1 Å². The Balaban J connectivity index is 1.73. The molecule has 20 heavy (non-hydrogen) atoms. The Kier molecular flexibility index (Phi) is 4.44. The first-order valence-corrected chi connectivity index (χ1v) is 8.01. The number of aromatic nitrogens is 1. The number of hydrogen-bond acceptors (Lipinski definition) is 4. The second kappa shape index (κ2) is 6.29. The maximum atomic E-state index is 6.23. The van der Waals surface area contributed by atoms with E-state index in [1.165, 1.54) is 19.4 Å². The first kappa shape index (κ1) is 14.1. The van der Waals surface area contributed by atoms with E-state index in [4.69, 9.17) is 16.6 Å². The van der Waals surface area contributed by atoms with E-state index >= 15 is 0 Å². The molecule has 2 fully saturated rings. The molecule has 110 valence electrons. The molecule has 0 amide bonds. The number of hydrogen-bond donors (Lipinski definition) is 1. The highest BCUT2D eigenvalue weighted by Crippen LogP contribution is 2.26. The Bertz CT molecular complexity index is 465. The minimum absolute atomic E-state index is 0.721. The lowest BCUT2D eigenvalue weighted by Crippen LogP contribution is -2.50. The van der Waals surface area contributed by atoms with Crippen LogP contribution in [0, 0.1) is 0 Å². The van der Waals surface area contributed by atoms with E-state index < -0.39 is 0 Å². The van der Waals surface area contributed by atoms with Gasteiger partial charge in [0, 0.05) is 32.2 Å². The van der Waals surface area contributed by atoms with Gasteiger partial charge in [-0.2, -0.15) is 0 Å². The Labute approximate surface area is 126 Å². The lowest BCUT2D eigenvalue weighted by molar-refractivity contribution is 0.230. The summed E-state index contributed by atoms with van der Waals surface area (Å²) in [6, 6.07) is 4.76. The Morgan fingerprint density at radius 3 is 3.10 bits per heavy atom. The average Bonchev–Trinajstić information content (AvgIpc) is 2.94. The van der Waals surface area contributed by atoms with Crippen molar-refractivity contribution in [2.24, 2.45) is 0 Å². The topological polar surface area (TPSA) is 31.4 Å². The molecular weight excluding hydrogens is 272 g/mol. The summed E-state index contributed by atoms with van der Waals surface area (Å²) in [6.45, 7) is 8.39. The van der Waals surface area contributed by atoms with E-state index in [0.29, 0.717) is 0 Å². The van der Waals surface area contributed by atoms with Crippen LogP contribution in [0.3, 0.4) is 0 Å². The molecule has 0 saturated carbocycles. The second-order valence-electron chi connectivity index (χ2n) is 5.66. The molecule has 1 atom stereocenters. The van der Waals surface area contributed by atoms with Crippen molar-refractivity contribution in [1.29, 1.82) is 0 Å². The van der Waals surface area contributed by atoms with E-state index in [2.05, 4.69) is 28.1 Å². The normalized spacial score (nSPS) is 23.1. The zero-order valence-corrected chi connectivity index (χ0v) is 12.9. The first-order valence-electron chi connectivity index (χ1n) is 7.63. The van der Waals surface area contributed by atoms with E-state index in [9.17, 15) is 0 Å². The molecule has 0 spiro atoms. The molecule has 2 saturated heterocycles. The van der Waals surface area contributed by atoms with Crippen molar-refractivity contribution >= 4 is 17.4 Å². The van der Waals surface area contributed by atoms with Crippen molar-refractivity contribution < 1.29 is 0 Å². The van der Waals surface area contributed by atoms with Gasteiger partial charge in [-0.25, -0.2) is 4.98 Å². The molecule has 0 radical (unpaired) electrons. The van der Waals surface area contributed by atoms with E-state index in [1.807, 2.05) is 6.07 Å². The van der Waals surface area contributed by atoms with Crippen molar-refractivity contribution in [2.45, 2.75) is 32.4 Å². The van der Waals surface area contributed by atoms with Gasteiger partial charge in [-0.3, -0.25) is 4.90 Å². The van der Waals surface area contributed by atoms with Crippen LogP contribution in [0.1, 0.15) is 25.5 Å². The number of pyridine rings is 1. The Morgan fingerprint density at radius 2 is 2.25 bits per heavy atom. The van der Waals surface area contributed by atoms with Crippen LogP contribution in [-0.2, 0) is 6.54 Å². The van der Waals surface area contributed by atoms with Crippen LogP contribution in [0.25, 0.3) is 0 Å². The quantitative estimate of drug-likeness (QED) is 0.922. The minimum Gasteiger partial charge on any atom is -0.354 e. The van der Waals surface area contributed by atoms with E-state index in [0.717, 1.165) is 55.3 Å². The number of piperazine rings is 1. The van der Waals surface area contributed by atoms with Crippen molar-refractivity contribution in [1.82, 2.24) is 15.2 Å². The monoisotopic (exact) mass is 294 g/mol. The molecule has 0 aromatic carbocycles. The number of fused-ring (bicyclic) bond motifs is 1. The lowest BCUT2D eigenvalue weighted by atomic mass is 10.1. The highest BCUT2D eigenvalue weighted by Gasteiger charge is 2.31. The lowest BCUT2D eigenvalue weighted by Gasteiger charge is -2.38. The van der Waals surface area contributed by atoms with Gasteiger partial charge in [0.2, 0.25) is 0 Å². The van der Waals surface area contributed by atoms with Gasteiger partial charge < -0.3 is 10.2 Å². The summed E-state index contributed by atoms with van der Waals surface area (Å²) in [7, 11) is 0. The largest absolute Gasteiger partial charge is 0.354 e. The van der Waals surface area contributed by atoms with Gasteiger partial charge in [0.25, 0.3) is 0 Å². The van der Waals surface area contributed by atoms with Crippen LogP contribution in [0.5, 0.6) is 0 Å². The van der Waals surface area contributed by atoms with E-state index in [1.54, 1.807) is 0 Å². The Hall–Kier alpha value is -0.840. The molecule has 2 aliphatic heterocycles. The number of nitrogens with one attached hydrogen (secondary N) is 1. The predicted molar refractivity (Wildman–Crippen MR) is 83.4 cm³/mol. The van der Waals surface area contributed by atoms with Gasteiger partial charge in [0.05, 0.1) is 10.7 Å². The van der Waals surface area contributed by atoms with E-state index in [-0.39, 0.29) is 0 Å². The van der Waals surface area contributed by atoms with Crippen LogP contribution in [0.2, 0.25) is 5.02 Å². The summed E-state index contributed by atoms with van der Waals surface area (Å²) in [4.78, 5) is 9.79. The molecule has 0 bridgehead atoms. The third-order valence-electron chi connectivity index (χ3n) is 4.36. The molecule has 1 N–H and O–H groups in total. The van der Waals surface area contributed by atoms with Gasteiger partial charge in [0.15, 0.2) is 0 Å². The molecule has 2 aliphatic rings. The predicted octanol–water partition coefficient (Wildman–Crippen LogP) is 2.13. The SMILES string of the molecule is CCNCc1nc(N2CCN3CCCC3C2)ccc1Cl. The van der Waals surface area contributed by atoms with Crippen molar-refractivity contribution in [2.75, 3.05) is 37.6 Å². The second-order valence-corrected chi connectivity index (χ2v) is 6.06. The van der Waals surface area contributed by atoms with Crippen LogP contribution in [-0.4, -0.2) is 48.6 Å². The zero-order chi connectivity index (χ0) is 13.9. The third-order valence-corrected chi connectivity index (χ3v) is 4.70. The summed E-state index contributed by atoms with van der Waals surface area (Å²) >= 11 is 6.23. The third kappa shape index (κ3) is 2.92. The number of rotatable bonds is 4. The highest BCUT2D eigenvalue weighted by atomic mass is 35.5. The van der Waals surface area contributed by atoms with Crippen molar-refractivity contribution in [3.63, 3.8) is 0 Å². The van der Waals surface area contributed by atoms with Gasteiger partial charge in [-0.1, -0.05) is 18.5 Å². The van der Waals surface area contributed by atoms with Crippen molar-refractivity contribution in [3.8, 4) is 0 Å². The minimum atomic E-state index is 0.721. The summed E-state index contributed by atoms with van der Waals surface area (Å²) in [5, 5.41) is 4.06. The summed E-state index contributed by atoms with van der Waals surface area (Å²) in [6.07, 6.45) is 2.67. The maximum absolute atomic E-state index is 6.23. The molecule has 3 rings (SSSR count). The van der Waals surface area contributed by atoms with Crippen molar-refractivity contribution in [3.05, 3.63) is 22.8 Å². The standard InChI is InChI=1S/C15H23ClN4/c1-2-17-10-14-13(16)5-6-15(18-14)20-9-8-19-7-3-4-12(19)11-20/h5-6,12,17H,2-4,7-11H2,1H3. The molecule has 0 aliphatic carbocycles. The molecule has 1 aromatic rings. The fourth-order valence-electron chi connectivity index (χ4n) is 3.22. The number of anilines is 1. The first-order chi connectivity index (χ1) is 9.78. The van der Waals surface area contributed by atoms with Gasteiger partial charge in [0.1, 0.15) is 5.82 Å². The maximum Gasteiger partial charge on any atom is 0.129 e. The Morgan fingerprint density at radius 1 is 1.35 bits per heavy atom. The summed E-state index contributed by atoms with van der Waals surface area (Å²) in [5.74, 6) is 1.08. The van der Waals surface area contributed by atoms with Gasteiger partial charge >= 0.3 is 0 Å². The number of halogens is 1. The summed E-state index contributed by atoms with van der Waals surface area (Å²) < 4.78 is 0.